The highest BCUT2D eigenvalue weighted by molar-refractivity contribution is 5.50. The van der Waals surface area contributed by atoms with Crippen LogP contribution in [0.5, 0.6) is 0 Å². The molecule has 0 saturated carbocycles. The van der Waals surface area contributed by atoms with E-state index in [0.29, 0.717) is 0 Å². The van der Waals surface area contributed by atoms with Crippen LogP contribution in [0, 0.1) is 0 Å². The summed E-state index contributed by atoms with van der Waals surface area (Å²) in [4.78, 5) is 7.67. The quantitative estimate of drug-likeness (QED) is 0.847. The number of methoxy groups -OCH3 is 1. The molecular formula is C12H15N3O2. The minimum Gasteiger partial charge on any atom is -0.463 e. The van der Waals surface area contributed by atoms with Gasteiger partial charge in [-0.05, 0) is 18.6 Å². The van der Waals surface area contributed by atoms with Gasteiger partial charge >= 0.3 is 0 Å². The second kappa shape index (κ2) is 4.35. The number of ether oxygens (including phenoxy) is 1. The Bertz CT molecular complexity index is 478. The van der Waals surface area contributed by atoms with Crippen molar-refractivity contribution in [2.45, 2.75) is 18.6 Å². The van der Waals surface area contributed by atoms with Gasteiger partial charge in [-0.2, -0.15) is 0 Å². The zero-order valence-corrected chi connectivity index (χ0v) is 9.64. The van der Waals surface area contributed by atoms with Gasteiger partial charge < -0.3 is 19.5 Å². The molecule has 1 aliphatic rings. The maximum absolute atomic E-state index is 5.32. The van der Waals surface area contributed by atoms with Gasteiger partial charge in [-0.15, -0.1) is 0 Å². The van der Waals surface area contributed by atoms with Gasteiger partial charge in [-0.1, -0.05) is 0 Å². The molecule has 2 aromatic heterocycles. The van der Waals surface area contributed by atoms with Crippen molar-refractivity contribution < 1.29 is 9.15 Å². The van der Waals surface area contributed by atoms with E-state index in [2.05, 4.69) is 15.3 Å². The second-order valence-corrected chi connectivity index (χ2v) is 4.21. The lowest BCUT2D eigenvalue weighted by Crippen LogP contribution is -2.16. The van der Waals surface area contributed by atoms with Gasteiger partial charge in [-0.3, -0.25) is 0 Å². The highest BCUT2D eigenvalue weighted by atomic mass is 16.5. The molecule has 17 heavy (non-hydrogen) atoms. The Labute approximate surface area is 99.2 Å². The smallest absolute Gasteiger partial charge is 0.151 e. The van der Waals surface area contributed by atoms with Crippen molar-refractivity contribution in [1.82, 2.24) is 15.3 Å². The SMILES string of the molecule is COC1CNC(c2ncc(-c3ccco3)[nH]2)C1. The molecule has 1 fully saturated rings. The first-order chi connectivity index (χ1) is 8.36. The van der Waals surface area contributed by atoms with Gasteiger partial charge in [0.05, 0.1) is 24.6 Å². The summed E-state index contributed by atoms with van der Waals surface area (Å²) in [5.41, 5.74) is 0.910. The van der Waals surface area contributed by atoms with Crippen molar-refractivity contribution in [2.75, 3.05) is 13.7 Å². The van der Waals surface area contributed by atoms with Crippen LogP contribution in [0.1, 0.15) is 18.3 Å². The molecule has 2 N–H and O–H groups in total. The summed E-state index contributed by atoms with van der Waals surface area (Å²) in [5.74, 6) is 1.75. The van der Waals surface area contributed by atoms with Gasteiger partial charge in [0, 0.05) is 13.7 Å². The minimum atomic E-state index is 0.240. The van der Waals surface area contributed by atoms with Gasteiger partial charge in [0.2, 0.25) is 0 Å². The van der Waals surface area contributed by atoms with Gasteiger partial charge in [0.1, 0.15) is 11.5 Å². The standard InChI is InChI=1S/C12H15N3O2/c1-16-8-5-9(13-6-8)12-14-7-10(15-12)11-3-2-4-17-11/h2-4,7-9,13H,5-6H2,1H3,(H,14,15). The summed E-state index contributed by atoms with van der Waals surface area (Å²) >= 11 is 0. The van der Waals surface area contributed by atoms with E-state index in [1.54, 1.807) is 19.6 Å². The molecule has 2 unspecified atom stereocenters. The minimum absolute atomic E-state index is 0.240. The van der Waals surface area contributed by atoms with Gasteiger partial charge in [0.25, 0.3) is 0 Å². The molecule has 1 saturated heterocycles. The molecule has 0 spiro atoms. The number of nitrogens with one attached hydrogen (secondary N) is 2. The molecule has 0 radical (unpaired) electrons. The molecule has 0 bridgehead atoms. The molecule has 0 aromatic carbocycles. The van der Waals surface area contributed by atoms with Crippen LogP contribution in [0.2, 0.25) is 0 Å². The van der Waals surface area contributed by atoms with Gasteiger partial charge in [-0.25, -0.2) is 4.98 Å². The fourth-order valence-electron chi connectivity index (χ4n) is 2.16. The zero-order chi connectivity index (χ0) is 11.7. The van der Waals surface area contributed by atoms with Crippen molar-refractivity contribution >= 4 is 0 Å². The number of hydrogen-bond acceptors (Lipinski definition) is 4. The van der Waals surface area contributed by atoms with E-state index in [-0.39, 0.29) is 12.1 Å². The van der Waals surface area contributed by atoms with Crippen LogP contribution in [0.25, 0.3) is 11.5 Å². The normalized spacial score (nSPS) is 24.3. The van der Waals surface area contributed by atoms with E-state index >= 15 is 0 Å². The van der Waals surface area contributed by atoms with Crippen molar-refractivity contribution in [2.24, 2.45) is 0 Å². The summed E-state index contributed by atoms with van der Waals surface area (Å²) in [6.45, 7) is 0.873. The van der Waals surface area contributed by atoms with E-state index in [9.17, 15) is 0 Å². The maximum Gasteiger partial charge on any atom is 0.151 e. The van der Waals surface area contributed by atoms with Crippen LogP contribution in [-0.4, -0.2) is 29.7 Å². The van der Waals surface area contributed by atoms with Crippen molar-refractivity contribution in [3.8, 4) is 11.5 Å². The van der Waals surface area contributed by atoms with E-state index in [0.717, 1.165) is 30.2 Å². The van der Waals surface area contributed by atoms with Crippen LogP contribution in [0.4, 0.5) is 0 Å². The molecule has 0 amide bonds. The maximum atomic E-state index is 5.32. The monoisotopic (exact) mass is 233 g/mol. The third kappa shape index (κ3) is 1.99. The molecule has 5 heteroatoms. The van der Waals surface area contributed by atoms with E-state index in [1.165, 1.54) is 0 Å². The largest absolute Gasteiger partial charge is 0.463 e. The molecule has 1 aliphatic heterocycles. The lowest BCUT2D eigenvalue weighted by atomic mass is 10.2. The zero-order valence-electron chi connectivity index (χ0n) is 9.64. The number of nitrogens with zero attached hydrogens (tertiary/aromatic N) is 1. The molecule has 5 nitrogen and oxygen atoms in total. The predicted molar refractivity (Wildman–Crippen MR) is 62.4 cm³/mol. The average molecular weight is 233 g/mol. The van der Waals surface area contributed by atoms with Gasteiger partial charge in [0.15, 0.2) is 5.76 Å². The summed E-state index contributed by atoms with van der Waals surface area (Å²) in [6, 6.07) is 4.02. The number of furan rings is 1. The summed E-state index contributed by atoms with van der Waals surface area (Å²) in [6.07, 6.45) is 4.68. The number of aromatic amines is 1. The van der Waals surface area contributed by atoms with Crippen LogP contribution < -0.4 is 5.32 Å². The number of rotatable bonds is 3. The predicted octanol–water partition coefficient (Wildman–Crippen LogP) is 1.72. The van der Waals surface area contributed by atoms with Crippen LogP contribution in [0.15, 0.2) is 29.0 Å². The Morgan fingerprint density at radius 1 is 1.53 bits per heavy atom. The van der Waals surface area contributed by atoms with E-state index in [4.69, 9.17) is 9.15 Å². The summed E-state index contributed by atoms with van der Waals surface area (Å²) in [7, 11) is 1.74. The number of H-pyrrole nitrogens is 1. The average Bonchev–Trinajstić information content (AvgIpc) is 3.09. The Morgan fingerprint density at radius 2 is 2.47 bits per heavy atom. The third-order valence-corrected chi connectivity index (χ3v) is 3.14. The third-order valence-electron chi connectivity index (χ3n) is 3.14. The molecule has 0 aliphatic carbocycles. The first-order valence-corrected chi connectivity index (χ1v) is 5.72. The number of hydrogen-bond donors (Lipinski definition) is 2. The van der Waals surface area contributed by atoms with Crippen LogP contribution in [0.3, 0.4) is 0 Å². The topological polar surface area (TPSA) is 63.1 Å². The van der Waals surface area contributed by atoms with Crippen molar-refractivity contribution in [3.63, 3.8) is 0 Å². The highest BCUT2D eigenvalue weighted by Crippen LogP contribution is 2.25. The molecule has 2 atom stereocenters. The Balaban J connectivity index is 1.77. The van der Waals surface area contributed by atoms with Crippen molar-refractivity contribution in [3.05, 3.63) is 30.4 Å². The fraction of sp³-hybridized carbons (Fsp3) is 0.417. The highest BCUT2D eigenvalue weighted by Gasteiger charge is 2.27. The summed E-state index contributed by atoms with van der Waals surface area (Å²) < 4.78 is 10.6. The van der Waals surface area contributed by atoms with E-state index in [1.807, 2.05) is 12.1 Å². The lowest BCUT2D eigenvalue weighted by molar-refractivity contribution is 0.117. The number of aromatic nitrogens is 2. The number of imidazole rings is 1. The summed E-state index contributed by atoms with van der Waals surface area (Å²) in [5, 5.41) is 3.38. The van der Waals surface area contributed by atoms with Crippen LogP contribution >= 0.6 is 0 Å². The van der Waals surface area contributed by atoms with Crippen molar-refractivity contribution in [1.29, 1.82) is 0 Å². The Morgan fingerprint density at radius 3 is 3.18 bits per heavy atom. The second-order valence-electron chi connectivity index (χ2n) is 4.21. The Kier molecular flexibility index (Phi) is 2.70. The molecule has 3 rings (SSSR count). The van der Waals surface area contributed by atoms with E-state index < -0.39 is 0 Å². The molecule has 2 aromatic rings. The lowest BCUT2D eigenvalue weighted by Gasteiger charge is -2.06. The first kappa shape index (κ1) is 10.6. The Hall–Kier alpha value is -1.59. The fourth-order valence-corrected chi connectivity index (χ4v) is 2.16. The first-order valence-electron chi connectivity index (χ1n) is 5.72. The molecule has 3 heterocycles. The van der Waals surface area contributed by atoms with Crippen LogP contribution in [-0.2, 0) is 4.74 Å². The molecular weight excluding hydrogens is 218 g/mol. The molecule has 90 valence electrons.